The number of nitrogens with zero attached hydrogens (tertiary/aromatic N) is 1. The average molecular weight is 157 g/mol. The molecule has 1 fully saturated rings. The molecule has 1 aliphatic rings. The Hall–Kier alpha value is -0.770. The molecule has 0 atom stereocenters. The van der Waals surface area contributed by atoms with E-state index >= 15 is 0 Å². The van der Waals surface area contributed by atoms with E-state index in [4.69, 9.17) is 10.9 Å². The van der Waals surface area contributed by atoms with Crippen LogP contribution in [0.25, 0.3) is 0 Å². The van der Waals surface area contributed by atoms with Crippen molar-refractivity contribution in [2.24, 2.45) is 16.3 Å². The lowest BCUT2D eigenvalue weighted by molar-refractivity contribution is 0.316. The molecule has 0 aromatic rings. The molecular formula is C7H15N3O. The molecule has 0 aromatic heterocycles. The van der Waals surface area contributed by atoms with Crippen molar-refractivity contribution in [3.8, 4) is 0 Å². The third kappa shape index (κ3) is 2.76. The molecule has 0 heterocycles. The first-order chi connectivity index (χ1) is 5.16. The molecule has 0 aliphatic heterocycles. The van der Waals surface area contributed by atoms with Crippen LogP contribution in [0.2, 0.25) is 0 Å². The lowest BCUT2D eigenvalue weighted by atomic mass is 10.1. The summed E-state index contributed by atoms with van der Waals surface area (Å²) in [7, 11) is 0. The van der Waals surface area contributed by atoms with E-state index in [9.17, 15) is 0 Å². The van der Waals surface area contributed by atoms with E-state index < -0.39 is 0 Å². The average Bonchev–Trinajstić information content (AvgIpc) is 2.68. The van der Waals surface area contributed by atoms with Crippen molar-refractivity contribution in [1.29, 1.82) is 0 Å². The van der Waals surface area contributed by atoms with Crippen LogP contribution in [0, 0.1) is 5.41 Å². The fourth-order valence-electron chi connectivity index (χ4n) is 0.918. The molecule has 4 heteroatoms. The van der Waals surface area contributed by atoms with Gasteiger partial charge in [-0.15, -0.1) is 0 Å². The zero-order valence-corrected chi connectivity index (χ0v) is 6.80. The minimum Gasteiger partial charge on any atom is -0.409 e. The van der Waals surface area contributed by atoms with E-state index in [0.717, 1.165) is 6.54 Å². The monoisotopic (exact) mass is 157 g/mol. The molecule has 64 valence electrons. The predicted molar refractivity (Wildman–Crippen MR) is 43.6 cm³/mol. The molecule has 0 unspecified atom stereocenters. The van der Waals surface area contributed by atoms with Crippen molar-refractivity contribution in [1.82, 2.24) is 5.32 Å². The number of hydrogen-bond donors (Lipinski definition) is 3. The van der Waals surface area contributed by atoms with Gasteiger partial charge in [-0.2, -0.15) is 0 Å². The third-order valence-electron chi connectivity index (χ3n) is 2.09. The molecule has 1 aliphatic carbocycles. The second-order valence-electron chi connectivity index (χ2n) is 3.51. The van der Waals surface area contributed by atoms with Crippen molar-refractivity contribution in [2.75, 3.05) is 13.1 Å². The largest absolute Gasteiger partial charge is 0.409 e. The SMILES string of the molecule is CC1(CNCC(N)=NO)CC1. The van der Waals surface area contributed by atoms with Gasteiger partial charge >= 0.3 is 0 Å². The first-order valence-corrected chi connectivity index (χ1v) is 3.83. The van der Waals surface area contributed by atoms with Crippen LogP contribution in [0.5, 0.6) is 0 Å². The van der Waals surface area contributed by atoms with Gasteiger partial charge in [-0.25, -0.2) is 0 Å². The fourth-order valence-corrected chi connectivity index (χ4v) is 0.918. The highest BCUT2D eigenvalue weighted by Gasteiger charge is 2.36. The van der Waals surface area contributed by atoms with Crippen LogP contribution in [0.1, 0.15) is 19.8 Å². The minimum atomic E-state index is 0.245. The van der Waals surface area contributed by atoms with Crippen molar-refractivity contribution in [3.63, 3.8) is 0 Å². The van der Waals surface area contributed by atoms with Gasteiger partial charge in [-0.1, -0.05) is 12.1 Å². The van der Waals surface area contributed by atoms with Crippen LogP contribution >= 0.6 is 0 Å². The molecule has 4 N–H and O–H groups in total. The first kappa shape index (κ1) is 8.33. The Morgan fingerprint density at radius 3 is 2.82 bits per heavy atom. The smallest absolute Gasteiger partial charge is 0.153 e. The predicted octanol–water partition coefficient (Wildman–Crippen LogP) is 0.122. The van der Waals surface area contributed by atoms with E-state index in [1.165, 1.54) is 12.8 Å². The lowest BCUT2D eigenvalue weighted by Crippen LogP contribution is -2.32. The molecule has 0 saturated heterocycles. The zero-order chi connectivity index (χ0) is 8.32. The maximum atomic E-state index is 8.20. The molecule has 0 amide bonds. The highest BCUT2D eigenvalue weighted by Crippen LogP contribution is 2.43. The number of nitrogens with one attached hydrogen (secondary N) is 1. The summed E-state index contributed by atoms with van der Waals surface area (Å²) in [6.07, 6.45) is 2.58. The van der Waals surface area contributed by atoms with E-state index in [0.29, 0.717) is 12.0 Å². The van der Waals surface area contributed by atoms with Gasteiger partial charge in [0.1, 0.15) is 0 Å². The molecule has 0 spiro atoms. The molecule has 0 radical (unpaired) electrons. The van der Waals surface area contributed by atoms with Crippen molar-refractivity contribution >= 4 is 5.84 Å². The summed E-state index contributed by atoms with van der Waals surface area (Å²) in [5, 5.41) is 14.2. The van der Waals surface area contributed by atoms with E-state index in [-0.39, 0.29) is 5.84 Å². The summed E-state index contributed by atoms with van der Waals surface area (Å²) in [6, 6.07) is 0. The van der Waals surface area contributed by atoms with Gasteiger partial charge in [0.2, 0.25) is 0 Å². The van der Waals surface area contributed by atoms with Gasteiger partial charge in [-0.3, -0.25) is 0 Å². The second-order valence-corrected chi connectivity index (χ2v) is 3.51. The second kappa shape index (κ2) is 3.09. The van der Waals surface area contributed by atoms with Crippen LogP contribution in [-0.2, 0) is 0 Å². The Bertz CT molecular complexity index is 163. The quantitative estimate of drug-likeness (QED) is 0.235. The Morgan fingerprint density at radius 1 is 1.73 bits per heavy atom. The molecule has 1 rings (SSSR count). The fraction of sp³-hybridized carbons (Fsp3) is 0.857. The summed E-state index contributed by atoms with van der Waals surface area (Å²) in [5.74, 6) is 0.245. The van der Waals surface area contributed by atoms with Gasteiger partial charge in [0.05, 0.1) is 6.54 Å². The van der Waals surface area contributed by atoms with Crippen molar-refractivity contribution in [3.05, 3.63) is 0 Å². The highest BCUT2D eigenvalue weighted by atomic mass is 16.4. The molecule has 4 nitrogen and oxygen atoms in total. The van der Waals surface area contributed by atoms with E-state index in [1.807, 2.05) is 0 Å². The van der Waals surface area contributed by atoms with Crippen LogP contribution < -0.4 is 11.1 Å². The van der Waals surface area contributed by atoms with Crippen LogP contribution in [0.3, 0.4) is 0 Å². The maximum Gasteiger partial charge on any atom is 0.153 e. The van der Waals surface area contributed by atoms with Gasteiger partial charge in [-0.05, 0) is 18.3 Å². The molecule has 11 heavy (non-hydrogen) atoms. The third-order valence-corrected chi connectivity index (χ3v) is 2.09. The van der Waals surface area contributed by atoms with Crippen LogP contribution in [0.15, 0.2) is 5.16 Å². The molecule has 0 bridgehead atoms. The normalized spacial score (nSPS) is 21.7. The molecule has 1 saturated carbocycles. The van der Waals surface area contributed by atoms with Gasteiger partial charge in [0.15, 0.2) is 5.84 Å². The standard InChI is InChI=1S/C7H15N3O/c1-7(2-3-7)5-9-4-6(8)10-11/h9,11H,2-5H2,1H3,(H2,8,10). The summed E-state index contributed by atoms with van der Waals surface area (Å²) >= 11 is 0. The highest BCUT2D eigenvalue weighted by molar-refractivity contribution is 5.81. The van der Waals surface area contributed by atoms with E-state index in [2.05, 4.69) is 17.4 Å². The van der Waals surface area contributed by atoms with Gasteiger partial charge in [0, 0.05) is 6.54 Å². The van der Waals surface area contributed by atoms with Crippen LogP contribution in [-0.4, -0.2) is 24.1 Å². The number of hydrogen-bond acceptors (Lipinski definition) is 3. The number of nitrogens with two attached hydrogens (primary N) is 1. The Kier molecular flexibility index (Phi) is 2.34. The van der Waals surface area contributed by atoms with Gasteiger partial charge < -0.3 is 16.3 Å². The Balaban J connectivity index is 2.05. The zero-order valence-electron chi connectivity index (χ0n) is 6.80. The summed E-state index contributed by atoms with van der Waals surface area (Å²) < 4.78 is 0. The topological polar surface area (TPSA) is 70.6 Å². The molecular weight excluding hydrogens is 142 g/mol. The van der Waals surface area contributed by atoms with Crippen molar-refractivity contribution < 1.29 is 5.21 Å². The Morgan fingerprint density at radius 2 is 2.36 bits per heavy atom. The van der Waals surface area contributed by atoms with E-state index in [1.54, 1.807) is 0 Å². The van der Waals surface area contributed by atoms with Crippen molar-refractivity contribution in [2.45, 2.75) is 19.8 Å². The first-order valence-electron chi connectivity index (χ1n) is 3.83. The number of amidine groups is 1. The number of rotatable bonds is 4. The lowest BCUT2D eigenvalue weighted by Gasteiger charge is -2.08. The minimum absolute atomic E-state index is 0.245. The maximum absolute atomic E-state index is 8.20. The summed E-state index contributed by atoms with van der Waals surface area (Å²) in [6.45, 7) is 3.67. The molecule has 0 aromatic carbocycles. The van der Waals surface area contributed by atoms with Crippen LogP contribution in [0.4, 0.5) is 0 Å². The summed E-state index contributed by atoms with van der Waals surface area (Å²) in [5.41, 5.74) is 5.74. The summed E-state index contributed by atoms with van der Waals surface area (Å²) in [4.78, 5) is 0. The number of oxime groups is 1. The van der Waals surface area contributed by atoms with Gasteiger partial charge in [0.25, 0.3) is 0 Å². The Labute approximate surface area is 66.5 Å².